The van der Waals surface area contributed by atoms with E-state index in [1.807, 2.05) is 30.3 Å². The number of benzene rings is 6. The average Bonchev–Trinajstić information content (AvgIpc) is 3.65. The molecule has 0 N–H and O–H groups in total. The van der Waals surface area contributed by atoms with Gasteiger partial charge in [-0.1, -0.05) is 84.9 Å². The first-order valence-corrected chi connectivity index (χ1v) is 13.3. The number of rotatable bonds is 4. The molecule has 40 heavy (non-hydrogen) atoms. The van der Waals surface area contributed by atoms with Gasteiger partial charge in [-0.2, -0.15) is 0 Å². The average molecular weight is 514 g/mol. The van der Waals surface area contributed by atoms with Gasteiger partial charge >= 0.3 is 0 Å². The number of para-hydroxylation sites is 1. The summed E-state index contributed by atoms with van der Waals surface area (Å²) < 4.78 is 8.42. The van der Waals surface area contributed by atoms with Crippen LogP contribution in [0.4, 0.5) is 0 Å². The fourth-order valence-corrected chi connectivity index (χ4v) is 5.59. The van der Waals surface area contributed by atoms with Crippen molar-refractivity contribution in [3.05, 3.63) is 140 Å². The first-order chi connectivity index (χ1) is 19.8. The van der Waals surface area contributed by atoms with Crippen LogP contribution in [0.25, 0.3) is 72.3 Å². The summed E-state index contributed by atoms with van der Waals surface area (Å²) >= 11 is 0. The van der Waals surface area contributed by atoms with Gasteiger partial charge in [-0.05, 0) is 76.5 Å². The molecular formula is C36H23N3O. The molecule has 188 valence electrons. The largest absolute Gasteiger partial charge is 0.416 e. The van der Waals surface area contributed by atoms with Gasteiger partial charge in [-0.15, -0.1) is 10.2 Å². The molecule has 0 unspecified atom stereocenters. The van der Waals surface area contributed by atoms with Crippen LogP contribution in [0, 0.1) is 0 Å². The molecule has 0 bridgehead atoms. The van der Waals surface area contributed by atoms with Crippen molar-refractivity contribution in [2.24, 2.45) is 0 Å². The van der Waals surface area contributed by atoms with E-state index in [9.17, 15) is 0 Å². The zero-order valence-electron chi connectivity index (χ0n) is 21.5. The summed E-state index contributed by atoms with van der Waals surface area (Å²) in [6.45, 7) is 0. The monoisotopic (exact) mass is 513 g/mol. The van der Waals surface area contributed by atoms with Crippen LogP contribution in [0.3, 0.4) is 0 Å². The quantitative estimate of drug-likeness (QED) is 0.235. The molecule has 0 atom stereocenters. The number of aromatic nitrogens is 3. The Kier molecular flexibility index (Phi) is 5.10. The lowest BCUT2D eigenvalue weighted by Crippen LogP contribution is -1.93. The molecule has 0 saturated carbocycles. The SMILES string of the molecule is c1ccc(-c2ccc3c(c2)c2ccccc2n3-c2ccc(-c3nnc(-c4ccc5ccccc5c4)o3)cc2)cc1. The number of nitrogens with zero attached hydrogens (tertiary/aromatic N) is 3. The maximum Gasteiger partial charge on any atom is 0.248 e. The lowest BCUT2D eigenvalue weighted by molar-refractivity contribution is 0.584. The molecule has 2 aromatic heterocycles. The van der Waals surface area contributed by atoms with Gasteiger partial charge in [-0.3, -0.25) is 0 Å². The fourth-order valence-electron chi connectivity index (χ4n) is 5.59. The summed E-state index contributed by atoms with van der Waals surface area (Å²) in [6.07, 6.45) is 0. The van der Waals surface area contributed by atoms with E-state index in [4.69, 9.17) is 4.42 Å². The minimum Gasteiger partial charge on any atom is -0.416 e. The van der Waals surface area contributed by atoms with E-state index in [1.165, 1.54) is 38.3 Å². The van der Waals surface area contributed by atoms with Gasteiger partial charge in [0, 0.05) is 27.6 Å². The third-order valence-corrected chi connectivity index (χ3v) is 7.57. The third-order valence-electron chi connectivity index (χ3n) is 7.57. The van der Waals surface area contributed by atoms with E-state index >= 15 is 0 Å². The van der Waals surface area contributed by atoms with Gasteiger partial charge in [0.1, 0.15) is 0 Å². The maximum atomic E-state index is 6.10. The van der Waals surface area contributed by atoms with Crippen molar-refractivity contribution in [3.8, 4) is 39.7 Å². The second kappa shape index (κ2) is 9.07. The van der Waals surface area contributed by atoms with E-state index < -0.39 is 0 Å². The van der Waals surface area contributed by atoms with E-state index in [0.717, 1.165) is 22.2 Å². The van der Waals surface area contributed by atoms with Crippen LogP contribution < -0.4 is 0 Å². The summed E-state index contributed by atoms with van der Waals surface area (Å²) in [4.78, 5) is 0. The van der Waals surface area contributed by atoms with Crippen LogP contribution in [0.1, 0.15) is 0 Å². The Balaban J connectivity index is 1.18. The summed E-state index contributed by atoms with van der Waals surface area (Å²) in [6, 6.07) is 48.6. The zero-order chi connectivity index (χ0) is 26.5. The van der Waals surface area contributed by atoms with Crippen molar-refractivity contribution in [3.63, 3.8) is 0 Å². The second-order valence-electron chi connectivity index (χ2n) is 9.97. The van der Waals surface area contributed by atoms with Crippen LogP contribution in [-0.2, 0) is 0 Å². The highest BCUT2D eigenvalue weighted by Gasteiger charge is 2.15. The topological polar surface area (TPSA) is 43.9 Å². The van der Waals surface area contributed by atoms with Crippen molar-refractivity contribution < 1.29 is 4.42 Å². The molecule has 0 aliphatic carbocycles. The minimum atomic E-state index is 0.504. The molecule has 4 nitrogen and oxygen atoms in total. The summed E-state index contributed by atoms with van der Waals surface area (Å²) in [7, 11) is 0. The fraction of sp³-hybridized carbons (Fsp3) is 0. The van der Waals surface area contributed by atoms with Crippen LogP contribution in [0.2, 0.25) is 0 Å². The van der Waals surface area contributed by atoms with E-state index in [2.05, 4.69) is 124 Å². The Morgan fingerprint density at radius 3 is 1.93 bits per heavy atom. The molecule has 2 heterocycles. The van der Waals surface area contributed by atoms with Gasteiger partial charge in [0.05, 0.1) is 11.0 Å². The molecule has 8 aromatic rings. The third kappa shape index (κ3) is 3.69. The lowest BCUT2D eigenvalue weighted by Gasteiger charge is -2.09. The Bertz CT molecular complexity index is 2160. The standard InChI is InChI=1S/C36H23N3O/c1-2-8-24(9-3-1)28-18-21-34-32(23-28)31-12-6-7-13-33(31)39(34)30-19-16-26(17-20-30)35-37-38-36(40-35)29-15-14-25-10-4-5-11-27(25)22-29/h1-23H. The molecule has 0 fully saturated rings. The predicted octanol–water partition coefficient (Wildman–Crippen LogP) is 9.32. The molecule has 8 rings (SSSR count). The highest BCUT2D eigenvalue weighted by Crippen LogP contribution is 2.35. The summed E-state index contributed by atoms with van der Waals surface area (Å²) in [5, 5.41) is 13.5. The van der Waals surface area contributed by atoms with E-state index in [0.29, 0.717) is 11.8 Å². The van der Waals surface area contributed by atoms with Crippen molar-refractivity contribution in [2.45, 2.75) is 0 Å². The minimum absolute atomic E-state index is 0.504. The van der Waals surface area contributed by atoms with Crippen molar-refractivity contribution in [2.75, 3.05) is 0 Å². The molecule has 0 radical (unpaired) electrons. The Morgan fingerprint density at radius 1 is 0.425 bits per heavy atom. The number of fused-ring (bicyclic) bond motifs is 4. The normalized spacial score (nSPS) is 11.5. The Hall–Kier alpha value is -5.48. The Morgan fingerprint density at radius 2 is 1.07 bits per heavy atom. The van der Waals surface area contributed by atoms with E-state index in [1.54, 1.807) is 0 Å². The van der Waals surface area contributed by atoms with Gasteiger partial charge in [0.2, 0.25) is 11.8 Å². The maximum absolute atomic E-state index is 6.10. The molecule has 0 spiro atoms. The Labute approximate surface area is 230 Å². The number of hydrogen-bond acceptors (Lipinski definition) is 3. The molecule has 0 saturated heterocycles. The highest BCUT2D eigenvalue weighted by atomic mass is 16.4. The van der Waals surface area contributed by atoms with Crippen LogP contribution in [0.5, 0.6) is 0 Å². The van der Waals surface area contributed by atoms with E-state index in [-0.39, 0.29) is 0 Å². The smallest absolute Gasteiger partial charge is 0.248 e. The zero-order valence-corrected chi connectivity index (χ0v) is 21.5. The van der Waals surface area contributed by atoms with Crippen molar-refractivity contribution >= 4 is 32.6 Å². The van der Waals surface area contributed by atoms with Crippen molar-refractivity contribution in [1.29, 1.82) is 0 Å². The number of hydrogen-bond donors (Lipinski definition) is 0. The predicted molar refractivity (Wildman–Crippen MR) is 162 cm³/mol. The highest BCUT2D eigenvalue weighted by molar-refractivity contribution is 6.10. The van der Waals surface area contributed by atoms with Gasteiger partial charge in [0.15, 0.2) is 0 Å². The lowest BCUT2D eigenvalue weighted by atomic mass is 10.0. The molecule has 0 amide bonds. The van der Waals surface area contributed by atoms with Crippen LogP contribution >= 0.6 is 0 Å². The molecule has 0 aliphatic rings. The van der Waals surface area contributed by atoms with Gasteiger partial charge in [0.25, 0.3) is 0 Å². The van der Waals surface area contributed by atoms with Gasteiger partial charge < -0.3 is 8.98 Å². The van der Waals surface area contributed by atoms with Crippen LogP contribution in [0.15, 0.2) is 144 Å². The van der Waals surface area contributed by atoms with Crippen molar-refractivity contribution in [1.82, 2.24) is 14.8 Å². The van der Waals surface area contributed by atoms with Crippen LogP contribution in [-0.4, -0.2) is 14.8 Å². The second-order valence-corrected chi connectivity index (χ2v) is 9.97. The first-order valence-electron chi connectivity index (χ1n) is 13.3. The first kappa shape index (κ1) is 22.5. The summed E-state index contributed by atoms with van der Waals surface area (Å²) in [5.74, 6) is 1.02. The molecule has 4 heteroatoms. The summed E-state index contributed by atoms with van der Waals surface area (Å²) in [5.41, 5.74) is 7.65. The van der Waals surface area contributed by atoms with Gasteiger partial charge in [-0.25, -0.2) is 0 Å². The molecule has 0 aliphatic heterocycles. The molecule has 6 aromatic carbocycles. The molecular weight excluding hydrogens is 490 g/mol.